The van der Waals surface area contributed by atoms with E-state index in [0.717, 1.165) is 42.3 Å². The van der Waals surface area contributed by atoms with Crippen LogP contribution in [0.15, 0.2) is 84.0 Å². The van der Waals surface area contributed by atoms with Gasteiger partial charge in [0.25, 0.3) is 0 Å². The van der Waals surface area contributed by atoms with Gasteiger partial charge >= 0.3 is 0 Å². The van der Waals surface area contributed by atoms with E-state index in [2.05, 4.69) is 78.1 Å². The number of thioether (sulfide) groups is 1. The standard InChI is InChI=1S/C27H30N2O2S/c1-2-27(24-12-10-23(11-13-24)22-6-4-3-5-7-22)29-31-17-16-30-25-14-8-21(9-15-25)18-26-19-28-20-32-26/h3-15,26,28H,2,16-20H2,1H3. The highest BCUT2D eigenvalue weighted by molar-refractivity contribution is 8.00. The topological polar surface area (TPSA) is 42.9 Å². The zero-order valence-electron chi connectivity index (χ0n) is 18.5. The molecule has 1 heterocycles. The van der Waals surface area contributed by atoms with E-state index >= 15 is 0 Å². The molecule has 5 heteroatoms. The Morgan fingerprint density at radius 1 is 0.938 bits per heavy atom. The first-order valence-corrected chi connectivity index (χ1v) is 12.3. The summed E-state index contributed by atoms with van der Waals surface area (Å²) in [5.41, 5.74) is 5.78. The zero-order chi connectivity index (χ0) is 22.0. The fourth-order valence-electron chi connectivity index (χ4n) is 3.70. The zero-order valence-corrected chi connectivity index (χ0v) is 19.3. The first-order valence-electron chi connectivity index (χ1n) is 11.2. The molecule has 0 amide bonds. The summed E-state index contributed by atoms with van der Waals surface area (Å²) >= 11 is 1.99. The van der Waals surface area contributed by atoms with Gasteiger partial charge in [0, 0.05) is 17.7 Å². The number of ether oxygens (including phenoxy) is 1. The lowest BCUT2D eigenvalue weighted by Crippen LogP contribution is -2.14. The molecule has 0 aromatic heterocycles. The van der Waals surface area contributed by atoms with E-state index in [1.807, 2.05) is 30.0 Å². The molecule has 3 aromatic carbocycles. The molecule has 1 N–H and O–H groups in total. The SMILES string of the molecule is CCC(=NOCCOc1ccc(CC2CNCS2)cc1)c1ccc(-c2ccccc2)cc1. The van der Waals surface area contributed by atoms with Crippen molar-refractivity contribution in [3.63, 3.8) is 0 Å². The third kappa shape index (κ3) is 6.38. The van der Waals surface area contributed by atoms with Gasteiger partial charge in [0.1, 0.15) is 12.4 Å². The summed E-state index contributed by atoms with van der Waals surface area (Å²) < 4.78 is 5.81. The maximum Gasteiger partial charge on any atom is 0.151 e. The number of benzene rings is 3. The Labute approximate surface area is 195 Å². The van der Waals surface area contributed by atoms with Gasteiger partial charge in [-0.2, -0.15) is 0 Å². The lowest BCUT2D eigenvalue weighted by molar-refractivity contribution is 0.107. The lowest BCUT2D eigenvalue weighted by Gasteiger charge is -2.10. The van der Waals surface area contributed by atoms with Crippen LogP contribution in [0.5, 0.6) is 5.75 Å². The highest BCUT2D eigenvalue weighted by Crippen LogP contribution is 2.22. The number of hydrogen-bond acceptors (Lipinski definition) is 5. The summed E-state index contributed by atoms with van der Waals surface area (Å²) in [4.78, 5) is 5.54. The van der Waals surface area contributed by atoms with E-state index in [-0.39, 0.29) is 0 Å². The first kappa shape index (κ1) is 22.4. The molecule has 1 aliphatic heterocycles. The molecule has 0 spiro atoms. The Bertz CT molecular complexity index is 982. The van der Waals surface area contributed by atoms with E-state index in [4.69, 9.17) is 9.57 Å². The van der Waals surface area contributed by atoms with E-state index < -0.39 is 0 Å². The quantitative estimate of drug-likeness (QED) is 0.244. The average Bonchev–Trinajstić information content (AvgIpc) is 3.36. The van der Waals surface area contributed by atoms with E-state index in [1.54, 1.807) is 0 Å². The van der Waals surface area contributed by atoms with Crippen molar-refractivity contribution < 1.29 is 9.57 Å². The Hall–Kier alpha value is -2.76. The number of oxime groups is 1. The summed E-state index contributed by atoms with van der Waals surface area (Å²) in [5.74, 6) is 1.93. The molecule has 166 valence electrons. The van der Waals surface area contributed by atoms with Crippen molar-refractivity contribution in [1.82, 2.24) is 5.32 Å². The summed E-state index contributed by atoms with van der Waals surface area (Å²) in [6, 6.07) is 27.2. The number of nitrogens with zero attached hydrogens (tertiary/aromatic N) is 1. The molecule has 0 bridgehead atoms. The van der Waals surface area contributed by atoms with Crippen molar-refractivity contribution in [1.29, 1.82) is 0 Å². The molecule has 1 saturated heterocycles. The average molecular weight is 447 g/mol. The van der Waals surface area contributed by atoms with E-state index in [1.165, 1.54) is 16.7 Å². The second-order valence-corrected chi connectivity index (χ2v) is 9.04. The minimum absolute atomic E-state index is 0.414. The molecule has 0 radical (unpaired) electrons. The molecule has 1 atom stereocenters. The summed E-state index contributed by atoms with van der Waals surface area (Å²) in [5, 5.41) is 8.41. The Balaban J connectivity index is 1.23. The molecule has 4 rings (SSSR count). The minimum atomic E-state index is 0.414. The third-order valence-electron chi connectivity index (χ3n) is 5.46. The van der Waals surface area contributed by atoms with Gasteiger partial charge < -0.3 is 14.9 Å². The Morgan fingerprint density at radius 2 is 1.69 bits per heavy atom. The minimum Gasteiger partial charge on any atom is -0.490 e. The van der Waals surface area contributed by atoms with Crippen LogP contribution >= 0.6 is 11.8 Å². The molecule has 1 unspecified atom stereocenters. The van der Waals surface area contributed by atoms with Crippen LogP contribution in [0.25, 0.3) is 11.1 Å². The van der Waals surface area contributed by atoms with E-state index in [0.29, 0.717) is 18.5 Å². The Morgan fingerprint density at radius 3 is 2.38 bits per heavy atom. The molecular weight excluding hydrogens is 416 g/mol. The van der Waals surface area contributed by atoms with Crippen LogP contribution in [0.2, 0.25) is 0 Å². The molecule has 1 aliphatic rings. The van der Waals surface area contributed by atoms with Crippen molar-refractivity contribution in [2.24, 2.45) is 5.16 Å². The van der Waals surface area contributed by atoms with Gasteiger partial charge in [-0.1, -0.05) is 78.8 Å². The van der Waals surface area contributed by atoms with Crippen LogP contribution in [0.3, 0.4) is 0 Å². The summed E-state index contributed by atoms with van der Waals surface area (Å²) in [6.07, 6.45) is 1.91. The third-order valence-corrected chi connectivity index (χ3v) is 6.63. The predicted octanol–water partition coefficient (Wildman–Crippen LogP) is 5.77. The van der Waals surface area contributed by atoms with Gasteiger partial charge in [-0.15, -0.1) is 11.8 Å². The fraction of sp³-hybridized carbons (Fsp3) is 0.296. The van der Waals surface area contributed by atoms with Gasteiger partial charge in [0.15, 0.2) is 6.61 Å². The lowest BCUT2D eigenvalue weighted by atomic mass is 10.0. The van der Waals surface area contributed by atoms with Crippen LogP contribution in [-0.4, -0.2) is 36.6 Å². The molecular formula is C27H30N2O2S. The van der Waals surface area contributed by atoms with Crippen LogP contribution in [0.4, 0.5) is 0 Å². The molecule has 32 heavy (non-hydrogen) atoms. The van der Waals surface area contributed by atoms with Gasteiger partial charge in [0.2, 0.25) is 0 Å². The van der Waals surface area contributed by atoms with Gasteiger partial charge in [-0.05, 0) is 47.2 Å². The molecule has 0 aliphatic carbocycles. The van der Waals surface area contributed by atoms with Crippen molar-refractivity contribution in [2.75, 3.05) is 25.6 Å². The highest BCUT2D eigenvalue weighted by Gasteiger charge is 2.15. The van der Waals surface area contributed by atoms with Crippen molar-refractivity contribution in [2.45, 2.75) is 25.0 Å². The maximum absolute atomic E-state index is 5.81. The van der Waals surface area contributed by atoms with Gasteiger partial charge in [-0.3, -0.25) is 0 Å². The fourth-order valence-corrected chi connectivity index (χ4v) is 4.72. The Kier molecular flexibility index (Phi) is 8.23. The number of hydrogen-bond donors (Lipinski definition) is 1. The van der Waals surface area contributed by atoms with Crippen LogP contribution in [0, 0.1) is 0 Å². The predicted molar refractivity (Wildman–Crippen MR) is 135 cm³/mol. The largest absolute Gasteiger partial charge is 0.490 e. The van der Waals surface area contributed by atoms with Crippen molar-refractivity contribution in [3.05, 3.63) is 90.0 Å². The van der Waals surface area contributed by atoms with Crippen LogP contribution in [0.1, 0.15) is 24.5 Å². The van der Waals surface area contributed by atoms with Crippen LogP contribution in [-0.2, 0) is 11.3 Å². The normalized spacial score (nSPS) is 16.2. The second kappa shape index (κ2) is 11.7. The van der Waals surface area contributed by atoms with Crippen molar-refractivity contribution >= 4 is 17.5 Å². The number of rotatable bonds is 10. The second-order valence-electron chi connectivity index (χ2n) is 7.75. The maximum atomic E-state index is 5.81. The smallest absolute Gasteiger partial charge is 0.151 e. The van der Waals surface area contributed by atoms with E-state index in [9.17, 15) is 0 Å². The summed E-state index contributed by atoms with van der Waals surface area (Å²) in [7, 11) is 0. The molecule has 1 fully saturated rings. The van der Waals surface area contributed by atoms with Crippen LogP contribution < -0.4 is 10.1 Å². The van der Waals surface area contributed by atoms with Gasteiger partial charge in [-0.25, -0.2) is 0 Å². The highest BCUT2D eigenvalue weighted by atomic mass is 32.2. The summed E-state index contributed by atoms with van der Waals surface area (Å²) in [6.45, 7) is 4.07. The molecule has 4 nitrogen and oxygen atoms in total. The van der Waals surface area contributed by atoms with Crippen molar-refractivity contribution in [3.8, 4) is 16.9 Å². The first-order chi connectivity index (χ1) is 15.8. The number of nitrogens with one attached hydrogen (secondary N) is 1. The molecule has 3 aromatic rings. The molecule has 0 saturated carbocycles. The van der Waals surface area contributed by atoms with Gasteiger partial charge in [0.05, 0.1) is 5.71 Å². The monoisotopic (exact) mass is 446 g/mol.